The Bertz CT molecular complexity index is 639. The summed E-state index contributed by atoms with van der Waals surface area (Å²) in [6, 6.07) is 15.1. The molecule has 2 aromatic carbocycles. The maximum absolute atomic E-state index is 12.1. The van der Waals surface area contributed by atoms with Gasteiger partial charge in [-0.1, -0.05) is 30.3 Å². The van der Waals surface area contributed by atoms with Gasteiger partial charge in [-0.2, -0.15) is 0 Å². The summed E-state index contributed by atoms with van der Waals surface area (Å²) in [5.74, 6) is -0.197. The lowest BCUT2D eigenvalue weighted by molar-refractivity contribution is -0.118. The third-order valence-electron chi connectivity index (χ3n) is 3.56. The normalized spacial score (nSPS) is 11.8. The van der Waals surface area contributed by atoms with Crippen LogP contribution in [-0.4, -0.2) is 25.1 Å². The van der Waals surface area contributed by atoms with Crippen LogP contribution in [0, 0.1) is 6.92 Å². The molecular formula is C18H22N2O2. The summed E-state index contributed by atoms with van der Waals surface area (Å²) < 4.78 is 0. The zero-order valence-electron chi connectivity index (χ0n) is 13.2. The largest absolute Gasteiger partial charge is 0.388 e. The molecule has 0 aromatic heterocycles. The molecule has 0 bridgehead atoms. The van der Waals surface area contributed by atoms with Crippen molar-refractivity contribution in [1.29, 1.82) is 0 Å². The average molecular weight is 298 g/mol. The molecule has 2 aromatic rings. The predicted octanol–water partition coefficient (Wildman–Crippen LogP) is 3.12. The predicted molar refractivity (Wildman–Crippen MR) is 90.2 cm³/mol. The average Bonchev–Trinajstić information content (AvgIpc) is 2.50. The second-order valence-corrected chi connectivity index (χ2v) is 5.57. The van der Waals surface area contributed by atoms with Crippen LogP contribution in [0.3, 0.4) is 0 Å². The molecule has 1 unspecified atom stereocenters. The van der Waals surface area contributed by atoms with Crippen molar-refractivity contribution in [1.82, 2.24) is 0 Å². The molecule has 4 heteroatoms. The SMILES string of the molecule is Cc1cc(N(C)C)ccc1NC(=O)CC(O)c1ccccc1. The number of anilines is 2. The molecule has 2 N–H and O–H groups in total. The number of hydrogen-bond acceptors (Lipinski definition) is 3. The first-order valence-corrected chi connectivity index (χ1v) is 7.28. The minimum absolute atomic E-state index is 0.0406. The number of nitrogens with zero attached hydrogens (tertiary/aromatic N) is 1. The number of nitrogens with one attached hydrogen (secondary N) is 1. The maximum atomic E-state index is 12.1. The van der Waals surface area contributed by atoms with Crippen molar-refractivity contribution in [3.63, 3.8) is 0 Å². The Kier molecular flexibility index (Phi) is 5.17. The van der Waals surface area contributed by atoms with Crippen LogP contribution in [0.1, 0.15) is 23.7 Å². The Labute approximate surface area is 131 Å². The molecular weight excluding hydrogens is 276 g/mol. The van der Waals surface area contributed by atoms with Gasteiger partial charge < -0.3 is 15.3 Å². The molecule has 0 radical (unpaired) electrons. The van der Waals surface area contributed by atoms with E-state index in [1.54, 1.807) is 0 Å². The lowest BCUT2D eigenvalue weighted by Crippen LogP contribution is -2.16. The van der Waals surface area contributed by atoms with Crippen LogP contribution in [0.4, 0.5) is 11.4 Å². The lowest BCUT2D eigenvalue weighted by atomic mass is 10.1. The van der Waals surface area contributed by atoms with Gasteiger partial charge in [0.15, 0.2) is 0 Å². The van der Waals surface area contributed by atoms with Crippen molar-refractivity contribution in [2.45, 2.75) is 19.4 Å². The van der Waals surface area contributed by atoms with Crippen molar-refractivity contribution in [3.8, 4) is 0 Å². The number of aryl methyl sites for hydroxylation is 1. The molecule has 1 amide bonds. The van der Waals surface area contributed by atoms with E-state index in [0.717, 1.165) is 22.5 Å². The van der Waals surface area contributed by atoms with Crippen LogP contribution < -0.4 is 10.2 Å². The van der Waals surface area contributed by atoms with Crippen LogP contribution in [0.5, 0.6) is 0 Å². The molecule has 0 spiro atoms. The van der Waals surface area contributed by atoms with Gasteiger partial charge in [0.1, 0.15) is 0 Å². The molecule has 0 aliphatic carbocycles. The van der Waals surface area contributed by atoms with Gasteiger partial charge in [0.25, 0.3) is 0 Å². The van der Waals surface area contributed by atoms with Crippen molar-refractivity contribution in [2.24, 2.45) is 0 Å². The second kappa shape index (κ2) is 7.09. The minimum atomic E-state index is -0.789. The van der Waals surface area contributed by atoms with Crippen molar-refractivity contribution < 1.29 is 9.90 Å². The van der Waals surface area contributed by atoms with Gasteiger partial charge in [0, 0.05) is 25.5 Å². The second-order valence-electron chi connectivity index (χ2n) is 5.57. The highest BCUT2D eigenvalue weighted by Gasteiger charge is 2.13. The fraction of sp³-hybridized carbons (Fsp3) is 0.278. The number of carbonyl (C=O) groups excluding carboxylic acids is 1. The topological polar surface area (TPSA) is 52.6 Å². The van der Waals surface area contributed by atoms with Crippen molar-refractivity contribution in [3.05, 3.63) is 59.7 Å². The van der Waals surface area contributed by atoms with E-state index in [1.165, 1.54) is 0 Å². The molecule has 0 fully saturated rings. The number of aliphatic hydroxyl groups excluding tert-OH is 1. The van der Waals surface area contributed by atoms with Gasteiger partial charge in [0.05, 0.1) is 12.5 Å². The van der Waals surface area contributed by atoms with E-state index in [-0.39, 0.29) is 12.3 Å². The van der Waals surface area contributed by atoms with Crippen molar-refractivity contribution in [2.75, 3.05) is 24.3 Å². The van der Waals surface area contributed by atoms with E-state index in [0.29, 0.717) is 0 Å². The van der Waals surface area contributed by atoms with Gasteiger partial charge in [0.2, 0.25) is 5.91 Å². The summed E-state index contributed by atoms with van der Waals surface area (Å²) in [5, 5.41) is 12.9. The smallest absolute Gasteiger partial charge is 0.227 e. The summed E-state index contributed by atoms with van der Waals surface area (Å²) in [6.45, 7) is 1.95. The first-order valence-electron chi connectivity index (χ1n) is 7.28. The monoisotopic (exact) mass is 298 g/mol. The van der Waals surface area contributed by atoms with Gasteiger partial charge in [-0.25, -0.2) is 0 Å². The molecule has 22 heavy (non-hydrogen) atoms. The van der Waals surface area contributed by atoms with Crippen LogP contribution in [0.2, 0.25) is 0 Å². The molecule has 0 aliphatic heterocycles. The Morgan fingerprint density at radius 3 is 2.45 bits per heavy atom. The number of carbonyl (C=O) groups is 1. The number of aliphatic hydroxyl groups is 1. The van der Waals surface area contributed by atoms with Crippen LogP contribution in [0.25, 0.3) is 0 Å². The maximum Gasteiger partial charge on any atom is 0.227 e. The highest BCUT2D eigenvalue weighted by molar-refractivity contribution is 5.92. The van der Waals surface area contributed by atoms with E-state index < -0.39 is 6.10 Å². The molecule has 0 heterocycles. The van der Waals surface area contributed by atoms with Crippen LogP contribution in [0.15, 0.2) is 48.5 Å². The summed E-state index contributed by atoms with van der Waals surface area (Å²) in [4.78, 5) is 14.1. The number of rotatable bonds is 5. The molecule has 0 saturated heterocycles. The van der Waals surface area contributed by atoms with E-state index in [2.05, 4.69) is 5.32 Å². The van der Waals surface area contributed by atoms with E-state index in [1.807, 2.05) is 74.4 Å². The Hall–Kier alpha value is -2.33. The van der Waals surface area contributed by atoms with Gasteiger partial charge >= 0.3 is 0 Å². The van der Waals surface area contributed by atoms with Crippen molar-refractivity contribution >= 4 is 17.3 Å². The Balaban J connectivity index is 2.00. The summed E-state index contributed by atoms with van der Waals surface area (Å²) >= 11 is 0. The van der Waals surface area contributed by atoms with Crippen LogP contribution in [-0.2, 0) is 4.79 Å². The number of hydrogen-bond donors (Lipinski definition) is 2. The molecule has 0 aliphatic rings. The van der Waals surface area contributed by atoms with Gasteiger partial charge in [-0.3, -0.25) is 4.79 Å². The zero-order chi connectivity index (χ0) is 16.1. The third kappa shape index (κ3) is 4.09. The Morgan fingerprint density at radius 1 is 1.18 bits per heavy atom. The zero-order valence-corrected chi connectivity index (χ0v) is 13.2. The van der Waals surface area contributed by atoms with Gasteiger partial charge in [-0.15, -0.1) is 0 Å². The quantitative estimate of drug-likeness (QED) is 0.891. The standard InChI is InChI=1S/C18H22N2O2/c1-13-11-15(20(2)3)9-10-16(13)19-18(22)12-17(21)14-7-5-4-6-8-14/h4-11,17,21H,12H2,1-3H3,(H,19,22). The number of benzene rings is 2. The van der Waals surface area contributed by atoms with E-state index >= 15 is 0 Å². The fourth-order valence-electron chi connectivity index (χ4n) is 2.24. The molecule has 0 saturated carbocycles. The fourth-order valence-corrected chi connectivity index (χ4v) is 2.24. The molecule has 4 nitrogen and oxygen atoms in total. The first-order chi connectivity index (χ1) is 10.5. The highest BCUT2D eigenvalue weighted by Crippen LogP contribution is 2.22. The van der Waals surface area contributed by atoms with E-state index in [4.69, 9.17) is 0 Å². The Morgan fingerprint density at radius 2 is 1.86 bits per heavy atom. The van der Waals surface area contributed by atoms with E-state index in [9.17, 15) is 9.90 Å². The molecule has 116 valence electrons. The first kappa shape index (κ1) is 16.0. The minimum Gasteiger partial charge on any atom is -0.388 e. The summed E-state index contributed by atoms with van der Waals surface area (Å²) in [5.41, 5.74) is 3.60. The summed E-state index contributed by atoms with van der Waals surface area (Å²) in [6.07, 6.45) is -0.749. The summed E-state index contributed by atoms with van der Waals surface area (Å²) in [7, 11) is 3.95. The number of amides is 1. The molecule has 2 rings (SSSR count). The van der Waals surface area contributed by atoms with Gasteiger partial charge in [-0.05, 0) is 36.2 Å². The lowest BCUT2D eigenvalue weighted by Gasteiger charge is -2.16. The van der Waals surface area contributed by atoms with Crippen LogP contribution >= 0.6 is 0 Å². The molecule has 1 atom stereocenters. The third-order valence-corrected chi connectivity index (χ3v) is 3.56. The highest BCUT2D eigenvalue weighted by atomic mass is 16.3.